The van der Waals surface area contributed by atoms with Crippen molar-refractivity contribution >= 4 is 21.4 Å². The monoisotopic (exact) mass is 341 g/mol. The lowest BCUT2D eigenvalue weighted by atomic mass is 10.2. The van der Waals surface area contributed by atoms with Gasteiger partial charge >= 0.3 is 6.61 Å². The van der Waals surface area contributed by atoms with E-state index in [1.807, 2.05) is 0 Å². The van der Waals surface area contributed by atoms with Crippen molar-refractivity contribution in [2.45, 2.75) is 11.5 Å². The number of ether oxygens (including phenoxy) is 1. The minimum Gasteiger partial charge on any atom is -0.435 e. The van der Waals surface area contributed by atoms with Gasteiger partial charge in [-0.15, -0.1) is 0 Å². The number of nitrogens with one attached hydrogen (secondary N) is 1. The first-order valence-corrected chi connectivity index (χ1v) is 8.31. The summed E-state index contributed by atoms with van der Waals surface area (Å²) in [6.07, 6.45) is 1.05. The third-order valence-electron chi connectivity index (χ3n) is 2.84. The number of benzene rings is 2. The topological polar surface area (TPSA) is 72.5 Å². The molecule has 0 fully saturated rings. The Morgan fingerprint density at radius 3 is 2.48 bits per heavy atom. The van der Waals surface area contributed by atoms with Gasteiger partial charge in [0.1, 0.15) is 5.75 Å². The second-order valence-corrected chi connectivity index (χ2v) is 6.68. The average Bonchev–Trinajstić information content (AvgIpc) is 2.46. The van der Waals surface area contributed by atoms with Gasteiger partial charge in [0, 0.05) is 17.5 Å². The van der Waals surface area contributed by atoms with Gasteiger partial charge in [0.15, 0.2) is 9.84 Å². The molecule has 5 nitrogen and oxygen atoms in total. The Morgan fingerprint density at radius 2 is 1.83 bits per heavy atom. The largest absolute Gasteiger partial charge is 0.435 e. The molecule has 2 rings (SSSR count). The molecule has 0 aliphatic heterocycles. The van der Waals surface area contributed by atoms with E-state index in [4.69, 9.17) is 0 Å². The first kappa shape index (κ1) is 16.9. The fourth-order valence-electron chi connectivity index (χ4n) is 1.82. The minimum atomic E-state index is -3.40. The lowest BCUT2D eigenvalue weighted by molar-refractivity contribution is -0.0498. The lowest BCUT2D eigenvalue weighted by Crippen LogP contribution is -2.13. The maximum Gasteiger partial charge on any atom is 0.387 e. The van der Waals surface area contributed by atoms with Crippen molar-refractivity contribution in [3.8, 4) is 5.75 Å². The number of amides is 1. The van der Waals surface area contributed by atoms with E-state index in [1.165, 1.54) is 48.5 Å². The number of carbonyl (C=O) groups is 1. The van der Waals surface area contributed by atoms with Crippen molar-refractivity contribution in [2.24, 2.45) is 0 Å². The number of alkyl halides is 2. The van der Waals surface area contributed by atoms with Crippen LogP contribution in [0.1, 0.15) is 10.4 Å². The molecule has 0 bridgehead atoms. The average molecular weight is 341 g/mol. The number of sulfone groups is 1. The van der Waals surface area contributed by atoms with Crippen LogP contribution in [-0.4, -0.2) is 27.2 Å². The van der Waals surface area contributed by atoms with Crippen LogP contribution in [0.5, 0.6) is 5.75 Å². The minimum absolute atomic E-state index is 0.0603. The van der Waals surface area contributed by atoms with Gasteiger partial charge < -0.3 is 10.1 Å². The molecule has 0 heterocycles. The number of halogens is 2. The third kappa shape index (κ3) is 4.75. The van der Waals surface area contributed by atoms with Gasteiger partial charge in [0.25, 0.3) is 5.91 Å². The van der Waals surface area contributed by atoms with Gasteiger partial charge in [-0.2, -0.15) is 8.78 Å². The molecule has 0 aliphatic carbocycles. The molecule has 1 amide bonds. The van der Waals surface area contributed by atoms with Crippen LogP contribution in [0.3, 0.4) is 0 Å². The number of anilines is 1. The molecule has 0 aromatic heterocycles. The maximum atomic E-state index is 12.2. The zero-order valence-electron chi connectivity index (χ0n) is 12.0. The van der Waals surface area contributed by atoms with Gasteiger partial charge in [0.2, 0.25) is 0 Å². The van der Waals surface area contributed by atoms with E-state index in [0.717, 1.165) is 6.26 Å². The van der Waals surface area contributed by atoms with Crippen molar-refractivity contribution in [3.63, 3.8) is 0 Å². The highest BCUT2D eigenvalue weighted by Gasteiger charge is 2.12. The van der Waals surface area contributed by atoms with Gasteiger partial charge in [-0.25, -0.2) is 8.42 Å². The van der Waals surface area contributed by atoms with Gasteiger partial charge in [-0.3, -0.25) is 4.79 Å². The van der Waals surface area contributed by atoms with Crippen molar-refractivity contribution in [1.82, 2.24) is 0 Å². The second kappa shape index (κ2) is 6.74. The molecule has 0 spiro atoms. The molecule has 0 radical (unpaired) electrons. The maximum absolute atomic E-state index is 12.2. The molecule has 2 aromatic carbocycles. The number of hydrogen-bond acceptors (Lipinski definition) is 4. The second-order valence-electron chi connectivity index (χ2n) is 4.66. The molecular formula is C15H13F2NO4S. The quantitative estimate of drug-likeness (QED) is 0.907. The summed E-state index contributed by atoms with van der Waals surface area (Å²) in [5.74, 6) is -0.715. The number of hydrogen-bond donors (Lipinski definition) is 1. The molecular weight excluding hydrogens is 328 g/mol. The van der Waals surface area contributed by atoms with Crippen LogP contribution in [0.15, 0.2) is 53.4 Å². The van der Waals surface area contributed by atoms with Crippen LogP contribution < -0.4 is 10.1 Å². The third-order valence-corrected chi connectivity index (χ3v) is 3.95. The van der Waals surface area contributed by atoms with Crippen LogP contribution in [-0.2, 0) is 9.84 Å². The summed E-state index contributed by atoms with van der Waals surface area (Å²) in [5, 5.41) is 2.50. The van der Waals surface area contributed by atoms with Gasteiger partial charge in [-0.05, 0) is 36.4 Å². The zero-order valence-corrected chi connectivity index (χ0v) is 12.8. The van der Waals surface area contributed by atoms with E-state index in [2.05, 4.69) is 10.1 Å². The van der Waals surface area contributed by atoms with Crippen LogP contribution in [0, 0.1) is 0 Å². The molecule has 23 heavy (non-hydrogen) atoms. The highest BCUT2D eigenvalue weighted by molar-refractivity contribution is 7.90. The Hall–Kier alpha value is -2.48. The van der Waals surface area contributed by atoms with Crippen LogP contribution in [0.4, 0.5) is 14.5 Å². The molecule has 0 unspecified atom stereocenters. The molecule has 1 N–H and O–H groups in total. The Balaban J connectivity index is 2.19. The van der Waals surface area contributed by atoms with E-state index in [0.29, 0.717) is 0 Å². The molecule has 0 saturated carbocycles. The van der Waals surface area contributed by atoms with Crippen molar-refractivity contribution in [2.75, 3.05) is 11.6 Å². The van der Waals surface area contributed by atoms with E-state index in [1.54, 1.807) is 0 Å². The Bertz CT molecular complexity index is 822. The highest BCUT2D eigenvalue weighted by Crippen LogP contribution is 2.19. The predicted molar refractivity (Wildman–Crippen MR) is 80.6 cm³/mol. The van der Waals surface area contributed by atoms with Gasteiger partial charge in [-0.1, -0.05) is 12.1 Å². The number of carbonyl (C=O) groups excluding carboxylic acids is 1. The summed E-state index contributed by atoms with van der Waals surface area (Å²) in [5.41, 5.74) is 0.381. The summed E-state index contributed by atoms with van der Waals surface area (Å²) in [6, 6.07) is 11.0. The Labute approximate surface area is 131 Å². The van der Waals surface area contributed by atoms with Crippen molar-refractivity contribution < 1.29 is 26.7 Å². The molecule has 0 saturated heterocycles. The van der Waals surface area contributed by atoms with E-state index >= 15 is 0 Å². The Kier molecular flexibility index (Phi) is 4.95. The lowest BCUT2D eigenvalue weighted by Gasteiger charge is -2.09. The smallest absolute Gasteiger partial charge is 0.387 e. The van der Waals surface area contributed by atoms with Crippen LogP contribution >= 0.6 is 0 Å². The summed E-state index contributed by atoms with van der Waals surface area (Å²) in [7, 11) is -3.40. The summed E-state index contributed by atoms with van der Waals surface area (Å²) in [6.45, 7) is -2.99. The van der Waals surface area contributed by atoms with Gasteiger partial charge in [0.05, 0.1) is 4.90 Å². The van der Waals surface area contributed by atoms with Crippen LogP contribution in [0.25, 0.3) is 0 Å². The highest BCUT2D eigenvalue weighted by atomic mass is 32.2. The Morgan fingerprint density at radius 1 is 1.13 bits per heavy atom. The van der Waals surface area contributed by atoms with E-state index in [-0.39, 0.29) is 21.9 Å². The van der Waals surface area contributed by atoms with Crippen molar-refractivity contribution in [3.05, 3.63) is 54.1 Å². The molecule has 0 atom stereocenters. The zero-order chi connectivity index (χ0) is 17.0. The standard InChI is InChI=1S/C15H13F2NO4S/c1-23(20,21)13-7-3-5-11(9-13)18-14(19)10-4-2-6-12(8-10)22-15(16)17/h2-9,15H,1H3,(H,18,19). The van der Waals surface area contributed by atoms with Crippen LogP contribution in [0.2, 0.25) is 0 Å². The predicted octanol–water partition coefficient (Wildman–Crippen LogP) is 2.94. The summed E-state index contributed by atoms with van der Waals surface area (Å²) in [4.78, 5) is 12.2. The normalized spacial score (nSPS) is 11.3. The molecule has 2 aromatic rings. The molecule has 0 aliphatic rings. The summed E-state index contributed by atoms with van der Waals surface area (Å²) >= 11 is 0. The summed E-state index contributed by atoms with van der Waals surface area (Å²) < 4.78 is 51.6. The SMILES string of the molecule is CS(=O)(=O)c1cccc(NC(=O)c2cccc(OC(F)F)c2)c1. The first-order valence-electron chi connectivity index (χ1n) is 6.42. The van der Waals surface area contributed by atoms with E-state index in [9.17, 15) is 22.0 Å². The fourth-order valence-corrected chi connectivity index (χ4v) is 2.49. The first-order chi connectivity index (χ1) is 10.8. The fraction of sp³-hybridized carbons (Fsp3) is 0.133. The van der Waals surface area contributed by atoms with Crippen molar-refractivity contribution in [1.29, 1.82) is 0 Å². The molecule has 122 valence electrons. The van der Waals surface area contributed by atoms with E-state index < -0.39 is 22.4 Å². The number of rotatable bonds is 5. The molecule has 8 heteroatoms.